The Labute approximate surface area is 158 Å². The number of carbonyl (C=O) groups excluding carboxylic acids is 1. The Kier molecular flexibility index (Phi) is 5.21. The third-order valence-corrected chi connectivity index (χ3v) is 5.78. The Morgan fingerprint density at radius 1 is 1.00 bits per heavy atom. The molecule has 0 radical (unpaired) electrons. The van der Waals surface area contributed by atoms with Crippen LogP contribution in [0.25, 0.3) is 0 Å². The van der Waals surface area contributed by atoms with Crippen LogP contribution in [0.5, 0.6) is 0 Å². The second kappa shape index (κ2) is 7.77. The monoisotopic (exact) mass is 370 g/mol. The lowest BCUT2D eigenvalue weighted by atomic mass is 9.91. The van der Waals surface area contributed by atoms with Gasteiger partial charge in [0.2, 0.25) is 0 Å². The summed E-state index contributed by atoms with van der Waals surface area (Å²) in [6.07, 6.45) is 6.11. The first-order valence-corrected chi connectivity index (χ1v) is 9.67. The van der Waals surface area contributed by atoms with Gasteiger partial charge in [-0.1, -0.05) is 24.6 Å². The van der Waals surface area contributed by atoms with Crippen LogP contribution in [-0.4, -0.2) is 29.9 Å². The summed E-state index contributed by atoms with van der Waals surface area (Å²) >= 11 is 0. The van der Waals surface area contributed by atoms with Crippen molar-refractivity contribution in [2.24, 2.45) is 0 Å². The summed E-state index contributed by atoms with van der Waals surface area (Å²) in [5.74, 6) is -1.97. The summed E-state index contributed by atoms with van der Waals surface area (Å²) in [6, 6.07) is 9.97. The molecule has 0 bridgehead atoms. The van der Waals surface area contributed by atoms with Gasteiger partial charge in [-0.15, -0.1) is 0 Å². The van der Waals surface area contributed by atoms with Gasteiger partial charge in [-0.2, -0.15) is 0 Å². The summed E-state index contributed by atoms with van der Waals surface area (Å²) in [5, 5.41) is 2.75. The molecule has 4 rings (SSSR count). The molecule has 1 amide bonds. The Morgan fingerprint density at radius 3 is 2.37 bits per heavy atom. The van der Waals surface area contributed by atoms with Gasteiger partial charge in [-0.05, 0) is 54.5 Å². The highest BCUT2D eigenvalue weighted by Gasteiger charge is 2.26. The number of amides is 1. The van der Waals surface area contributed by atoms with Gasteiger partial charge in [0.1, 0.15) is 11.6 Å². The first-order valence-electron chi connectivity index (χ1n) is 9.67. The van der Waals surface area contributed by atoms with Crippen LogP contribution in [0.15, 0.2) is 36.4 Å². The molecule has 1 saturated carbocycles. The van der Waals surface area contributed by atoms with E-state index < -0.39 is 17.5 Å². The Balaban J connectivity index is 1.39. The number of hydrogen-bond acceptors (Lipinski definition) is 2. The lowest BCUT2D eigenvalue weighted by Gasteiger charge is -2.36. The normalized spacial score (nSPS) is 17.7. The molecule has 0 unspecified atom stereocenters. The zero-order chi connectivity index (χ0) is 18.8. The molecule has 2 aromatic carbocycles. The summed E-state index contributed by atoms with van der Waals surface area (Å²) in [6.45, 7) is 2.56. The minimum Gasteiger partial charge on any atom is -0.348 e. The van der Waals surface area contributed by atoms with Crippen molar-refractivity contribution in [2.75, 3.05) is 13.1 Å². The smallest absolute Gasteiger partial charge is 0.251 e. The van der Waals surface area contributed by atoms with Crippen molar-refractivity contribution in [2.45, 2.75) is 44.7 Å². The highest BCUT2D eigenvalue weighted by molar-refractivity contribution is 5.94. The number of fused-ring (bicyclic) bond motifs is 1. The van der Waals surface area contributed by atoms with Gasteiger partial charge in [0.15, 0.2) is 0 Å². The summed E-state index contributed by atoms with van der Waals surface area (Å²) < 4.78 is 26.5. The molecule has 1 aliphatic heterocycles. The van der Waals surface area contributed by atoms with Crippen molar-refractivity contribution in [1.82, 2.24) is 10.2 Å². The lowest BCUT2D eigenvalue weighted by Crippen LogP contribution is -2.41. The van der Waals surface area contributed by atoms with E-state index in [1.807, 2.05) is 6.07 Å². The second-order valence-electron chi connectivity index (χ2n) is 7.56. The van der Waals surface area contributed by atoms with E-state index in [2.05, 4.69) is 22.3 Å². The number of halogens is 2. The van der Waals surface area contributed by atoms with Gasteiger partial charge >= 0.3 is 0 Å². The van der Waals surface area contributed by atoms with E-state index in [1.54, 1.807) is 0 Å². The standard InChI is InChI=1S/C22H24F2N2O/c23-19-11-18(12-20(24)13-19)22(27)25-14-15-4-5-16-6-8-26(21-2-1-3-21)9-7-17(16)10-15/h4-5,10-13,21H,1-3,6-9,14H2,(H,25,27). The molecule has 1 N–H and O–H groups in total. The van der Waals surface area contributed by atoms with Crippen LogP contribution in [-0.2, 0) is 19.4 Å². The van der Waals surface area contributed by atoms with Crippen molar-refractivity contribution < 1.29 is 13.6 Å². The molecule has 1 fully saturated rings. The van der Waals surface area contributed by atoms with E-state index >= 15 is 0 Å². The van der Waals surface area contributed by atoms with Gasteiger partial charge in [0.25, 0.3) is 5.91 Å². The fourth-order valence-electron chi connectivity index (χ4n) is 3.99. The molecule has 0 saturated heterocycles. The first kappa shape index (κ1) is 18.1. The third kappa shape index (κ3) is 4.19. The zero-order valence-electron chi connectivity index (χ0n) is 15.3. The molecule has 1 aliphatic carbocycles. The highest BCUT2D eigenvalue weighted by atomic mass is 19.1. The largest absolute Gasteiger partial charge is 0.348 e. The number of carbonyl (C=O) groups is 1. The van der Waals surface area contributed by atoms with Crippen LogP contribution in [0.3, 0.4) is 0 Å². The molecular formula is C22H24F2N2O. The minimum atomic E-state index is -0.749. The maximum absolute atomic E-state index is 13.3. The molecule has 0 aromatic heterocycles. The molecule has 2 aromatic rings. The van der Waals surface area contributed by atoms with Crippen molar-refractivity contribution in [3.63, 3.8) is 0 Å². The summed E-state index contributed by atoms with van der Waals surface area (Å²) in [4.78, 5) is 14.8. The zero-order valence-corrected chi connectivity index (χ0v) is 15.3. The lowest BCUT2D eigenvalue weighted by molar-refractivity contribution is 0.0950. The minimum absolute atomic E-state index is 0.00148. The van der Waals surface area contributed by atoms with Crippen LogP contribution < -0.4 is 5.32 Å². The number of benzene rings is 2. The van der Waals surface area contributed by atoms with Gasteiger partial charge in [0, 0.05) is 37.3 Å². The van der Waals surface area contributed by atoms with Gasteiger partial charge < -0.3 is 5.32 Å². The van der Waals surface area contributed by atoms with Crippen LogP contribution in [0.2, 0.25) is 0 Å². The Morgan fingerprint density at radius 2 is 1.70 bits per heavy atom. The third-order valence-electron chi connectivity index (χ3n) is 5.78. The van der Waals surface area contributed by atoms with Crippen LogP contribution >= 0.6 is 0 Å². The van der Waals surface area contributed by atoms with Gasteiger partial charge in [-0.3, -0.25) is 9.69 Å². The summed E-state index contributed by atoms with van der Waals surface area (Å²) in [5.41, 5.74) is 3.74. The summed E-state index contributed by atoms with van der Waals surface area (Å²) in [7, 11) is 0. The topological polar surface area (TPSA) is 32.3 Å². The number of hydrogen-bond donors (Lipinski definition) is 1. The molecule has 2 aliphatic rings. The van der Waals surface area contributed by atoms with E-state index in [9.17, 15) is 13.6 Å². The average Bonchev–Trinajstić information content (AvgIpc) is 2.80. The van der Waals surface area contributed by atoms with Gasteiger partial charge in [0.05, 0.1) is 0 Å². The van der Waals surface area contributed by atoms with Gasteiger partial charge in [-0.25, -0.2) is 8.78 Å². The van der Waals surface area contributed by atoms with Crippen molar-refractivity contribution in [3.05, 3.63) is 70.3 Å². The van der Waals surface area contributed by atoms with E-state index in [4.69, 9.17) is 0 Å². The van der Waals surface area contributed by atoms with Crippen molar-refractivity contribution in [3.8, 4) is 0 Å². The molecule has 3 nitrogen and oxygen atoms in total. The fourth-order valence-corrected chi connectivity index (χ4v) is 3.99. The fraction of sp³-hybridized carbons (Fsp3) is 0.409. The number of rotatable bonds is 4. The highest BCUT2D eigenvalue weighted by Crippen LogP contribution is 2.27. The van der Waals surface area contributed by atoms with Crippen LogP contribution in [0.4, 0.5) is 8.78 Å². The second-order valence-corrected chi connectivity index (χ2v) is 7.56. The number of nitrogens with zero attached hydrogens (tertiary/aromatic N) is 1. The number of nitrogens with one attached hydrogen (secondary N) is 1. The van der Waals surface area contributed by atoms with E-state index in [0.29, 0.717) is 6.54 Å². The molecule has 5 heteroatoms. The molecule has 1 heterocycles. The Hall–Kier alpha value is -2.27. The van der Waals surface area contributed by atoms with E-state index in [-0.39, 0.29) is 5.56 Å². The quantitative estimate of drug-likeness (QED) is 0.887. The molecule has 0 atom stereocenters. The predicted molar refractivity (Wildman–Crippen MR) is 101 cm³/mol. The van der Waals surface area contributed by atoms with Crippen molar-refractivity contribution >= 4 is 5.91 Å². The molecule has 0 spiro atoms. The Bertz CT molecular complexity index is 828. The SMILES string of the molecule is O=C(NCc1ccc2c(c1)CCN(C1CCC1)CC2)c1cc(F)cc(F)c1. The maximum Gasteiger partial charge on any atom is 0.251 e. The maximum atomic E-state index is 13.3. The van der Waals surface area contributed by atoms with Crippen LogP contribution in [0, 0.1) is 11.6 Å². The average molecular weight is 370 g/mol. The molecule has 142 valence electrons. The molecule has 27 heavy (non-hydrogen) atoms. The van der Waals surface area contributed by atoms with Crippen molar-refractivity contribution in [1.29, 1.82) is 0 Å². The molecular weight excluding hydrogens is 346 g/mol. The van der Waals surface area contributed by atoms with E-state index in [0.717, 1.165) is 55.7 Å². The van der Waals surface area contributed by atoms with E-state index in [1.165, 1.54) is 30.4 Å². The predicted octanol–water partition coefficient (Wildman–Crippen LogP) is 3.85. The van der Waals surface area contributed by atoms with Crippen LogP contribution in [0.1, 0.15) is 46.3 Å². The first-order chi connectivity index (χ1) is 13.1.